The molecule has 2 aliphatic rings. The molecule has 1 aromatic carbocycles. The van der Waals surface area contributed by atoms with Crippen LogP contribution in [0.2, 0.25) is 0 Å². The van der Waals surface area contributed by atoms with Crippen molar-refractivity contribution in [2.24, 2.45) is 10.9 Å². The van der Waals surface area contributed by atoms with E-state index in [2.05, 4.69) is 53.4 Å². The van der Waals surface area contributed by atoms with Crippen LogP contribution in [0.25, 0.3) is 0 Å². The van der Waals surface area contributed by atoms with Crippen LogP contribution in [0.4, 0.5) is 0 Å². The molecule has 2 heterocycles. The molecule has 2 saturated heterocycles. The van der Waals surface area contributed by atoms with Crippen molar-refractivity contribution in [1.82, 2.24) is 15.1 Å². The molecule has 26 heavy (non-hydrogen) atoms. The lowest BCUT2D eigenvalue weighted by Crippen LogP contribution is -2.40. The maximum absolute atomic E-state index is 5.27. The Hall–Kier alpha value is -1.02. The molecule has 2 fully saturated rings. The van der Waals surface area contributed by atoms with Crippen molar-refractivity contribution in [3.8, 4) is 5.75 Å². The molecular formula is C20H33IN4O. The highest BCUT2D eigenvalue weighted by molar-refractivity contribution is 14.0. The van der Waals surface area contributed by atoms with Gasteiger partial charge in [-0.05, 0) is 57.0 Å². The van der Waals surface area contributed by atoms with E-state index in [0.717, 1.165) is 37.9 Å². The molecule has 2 atom stereocenters. The highest BCUT2D eigenvalue weighted by atomic mass is 127. The number of guanidine groups is 1. The maximum atomic E-state index is 5.27. The number of nitrogens with zero attached hydrogens (tertiary/aromatic N) is 3. The molecule has 0 aliphatic carbocycles. The topological polar surface area (TPSA) is 40.1 Å². The summed E-state index contributed by atoms with van der Waals surface area (Å²) in [5, 5.41) is 3.49. The van der Waals surface area contributed by atoms with Gasteiger partial charge < -0.3 is 19.9 Å². The molecule has 0 amide bonds. The molecule has 0 spiro atoms. The summed E-state index contributed by atoms with van der Waals surface area (Å²) in [5.41, 5.74) is 1.40. The summed E-state index contributed by atoms with van der Waals surface area (Å²) in [7, 11) is 3.92. The number of benzene rings is 1. The molecule has 2 aliphatic heterocycles. The van der Waals surface area contributed by atoms with Crippen molar-refractivity contribution in [3.05, 3.63) is 29.8 Å². The Morgan fingerprint density at radius 3 is 2.58 bits per heavy atom. The summed E-state index contributed by atoms with van der Waals surface area (Å²) in [4.78, 5) is 9.79. The molecule has 2 unspecified atom stereocenters. The maximum Gasteiger partial charge on any atom is 0.193 e. The van der Waals surface area contributed by atoms with Crippen LogP contribution in [0.3, 0.4) is 0 Å². The van der Waals surface area contributed by atoms with Crippen LogP contribution in [-0.2, 0) is 0 Å². The van der Waals surface area contributed by atoms with Gasteiger partial charge in [-0.3, -0.25) is 4.99 Å². The summed E-state index contributed by atoms with van der Waals surface area (Å²) < 4.78 is 5.27. The van der Waals surface area contributed by atoms with Gasteiger partial charge in [-0.15, -0.1) is 24.0 Å². The molecule has 6 heteroatoms. The zero-order chi connectivity index (χ0) is 17.6. The van der Waals surface area contributed by atoms with Gasteiger partial charge >= 0.3 is 0 Å². The van der Waals surface area contributed by atoms with E-state index in [0.29, 0.717) is 11.8 Å². The van der Waals surface area contributed by atoms with Gasteiger partial charge in [-0.2, -0.15) is 0 Å². The predicted octanol–water partition coefficient (Wildman–Crippen LogP) is 3.02. The molecule has 0 saturated carbocycles. The van der Waals surface area contributed by atoms with Crippen molar-refractivity contribution in [2.45, 2.75) is 25.7 Å². The summed E-state index contributed by atoms with van der Waals surface area (Å²) in [6.07, 6.45) is 2.46. The largest absolute Gasteiger partial charge is 0.497 e. The molecule has 146 valence electrons. The number of methoxy groups -OCH3 is 1. The number of hydrogen-bond acceptors (Lipinski definition) is 3. The Kier molecular flexibility index (Phi) is 8.47. The van der Waals surface area contributed by atoms with E-state index < -0.39 is 0 Å². The summed E-state index contributed by atoms with van der Waals surface area (Å²) in [6, 6.07) is 8.53. The molecule has 0 radical (unpaired) electrons. The lowest BCUT2D eigenvalue weighted by Gasteiger charge is -2.22. The average molecular weight is 472 g/mol. The minimum absolute atomic E-state index is 0. The van der Waals surface area contributed by atoms with Crippen molar-refractivity contribution < 1.29 is 4.74 Å². The Bertz CT molecular complexity index is 578. The molecule has 0 bridgehead atoms. The van der Waals surface area contributed by atoms with E-state index in [1.807, 2.05) is 0 Å². The first-order valence-corrected chi connectivity index (χ1v) is 9.55. The Balaban J connectivity index is 0.00000243. The third-order valence-corrected chi connectivity index (χ3v) is 5.40. The molecule has 1 N–H and O–H groups in total. The third kappa shape index (κ3) is 5.49. The van der Waals surface area contributed by atoms with Crippen LogP contribution in [0.5, 0.6) is 5.75 Å². The monoisotopic (exact) mass is 472 g/mol. The molecule has 3 rings (SSSR count). The second kappa shape index (κ2) is 10.3. The van der Waals surface area contributed by atoms with Gasteiger partial charge in [0.25, 0.3) is 0 Å². The normalized spacial score (nSPS) is 23.8. The quantitative estimate of drug-likeness (QED) is 0.407. The summed E-state index contributed by atoms with van der Waals surface area (Å²) in [6.45, 7) is 8.52. The molecule has 0 aromatic heterocycles. The lowest BCUT2D eigenvalue weighted by molar-refractivity contribution is 0.396. The van der Waals surface area contributed by atoms with Gasteiger partial charge in [0.1, 0.15) is 5.75 Å². The van der Waals surface area contributed by atoms with Crippen molar-refractivity contribution >= 4 is 29.9 Å². The summed E-state index contributed by atoms with van der Waals surface area (Å²) in [5.74, 6) is 3.30. The van der Waals surface area contributed by atoms with Crippen LogP contribution in [0.15, 0.2) is 29.3 Å². The van der Waals surface area contributed by atoms with E-state index in [9.17, 15) is 0 Å². The molecular weight excluding hydrogens is 439 g/mol. The lowest BCUT2D eigenvalue weighted by atomic mass is 9.98. The van der Waals surface area contributed by atoms with E-state index in [4.69, 9.17) is 9.73 Å². The molecule has 1 aromatic rings. The van der Waals surface area contributed by atoms with Gasteiger partial charge in [0, 0.05) is 38.6 Å². The Labute approximate surface area is 175 Å². The minimum atomic E-state index is 0. The number of halogens is 1. The van der Waals surface area contributed by atoms with Crippen LogP contribution in [0, 0.1) is 5.92 Å². The fraction of sp³-hybridized carbons (Fsp3) is 0.650. The van der Waals surface area contributed by atoms with Crippen LogP contribution in [-0.4, -0.2) is 69.2 Å². The van der Waals surface area contributed by atoms with Crippen LogP contribution >= 0.6 is 24.0 Å². The van der Waals surface area contributed by atoms with Crippen molar-refractivity contribution in [3.63, 3.8) is 0 Å². The second-order valence-electron chi connectivity index (χ2n) is 7.32. The number of ether oxygens (including phenoxy) is 1. The number of hydrogen-bond donors (Lipinski definition) is 1. The Morgan fingerprint density at radius 2 is 1.96 bits per heavy atom. The van der Waals surface area contributed by atoms with Crippen molar-refractivity contribution in [2.75, 3.05) is 53.4 Å². The highest BCUT2D eigenvalue weighted by Gasteiger charge is 2.26. The number of likely N-dealkylation sites (tertiary alicyclic amines) is 2. The van der Waals surface area contributed by atoms with Gasteiger partial charge in [-0.1, -0.05) is 12.1 Å². The first kappa shape index (κ1) is 21.3. The SMILES string of the molecule is CCNC(=NCC1CCN(C)C1)N1CCC(c2ccc(OC)cc2)C1.I. The van der Waals surface area contributed by atoms with E-state index in [-0.39, 0.29) is 24.0 Å². The van der Waals surface area contributed by atoms with Crippen molar-refractivity contribution in [1.29, 1.82) is 0 Å². The van der Waals surface area contributed by atoms with Gasteiger partial charge in [-0.25, -0.2) is 0 Å². The van der Waals surface area contributed by atoms with Gasteiger partial charge in [0.2, 0.25) is 0 Å². The first-order chi connectivity index (χ1) is 12.2. The van der Waals surface area contributed by atoms with Crippen LogP contribution < -0.4 is 10.1 Å². The number of aliphatic imine (C=N–C) groups is 1. The van der Waals surface area contributed by atoms with Gasteiger partial charge in [0.15, 0.2) is 5.96 Å². The number of rotatable bonds is 5. The third-order valence-electron chi connectivity index (χ3n) is 5.40. The zero-order valence-corrected chi connectivity index (χ0v) is 18.6. The zero-order valence-electron chi connectivity index (χ0n) is 16.3. The van der Waals surface area contributed by atoms with E-state index >= 15 is 0 Å². The highest BCUT2D eigenvalue weighted by Crippen LogP contribution is 2.28. The first-order valence-electron chi connectivity index (χ1n) is 9.55. The average Bonchev–Trinajstić information content (AvgIpc) is 3.28. The van der Waals surface area contributed by atoms with Crippen LogP contribution in [0.1, 0.15) is 31.2 Å². The summed E-state index contributed by atoms with van der Waals surface area (Å²) >= 11 is 0. The number of nitrogens with one attached hydrogen (secondary N) is 1. The predicted molar refractivity (Wildman–Crippen MR) is 119 cm³/mol. The fourth-order valence-corrected chi connectivity index (χ4v) is 3.92. The standard InChI is InChI=1S/C20H32N4O.HI/c1-4-21-20(22-13-16-9-11-23(2)14-16)24-12-10-18(15-24)17-5-7-19(25-3)8-6-17;/h5-8,16,18H,4,9-15H2,1-3H3,(H,21,22);1H. The van der Waals surface area contributed by atoms with Gasteiger partial charge in [0.05, 0.1) is 7.11 Å². The minimum Gasteiger partial charge on any atom is -0.497 e. The smallest absolute Gasteiger partial charge is 0.193 e. The Morgan fingerprint density at radius 1 is 1.19 bits per heavy atom. The second-order valence-corrected chi connectivity index (χ2v) is 7.32. The molecule has 5 nitrogen and oxygen atoms in total. The van der Waals surface area contributed by atoms with E-state index in [1.165, 1.54) is 31.5 Å². The van der Waals surface area contributed by atoms with E-state index in [1.54, 1.807) is 7.11 Å². The fourth-order valence-electron chi connectivity index (χ4n) is 3.92.